The van der Waals surface area contributed by atoms with Crippen LogP contribution in [0.5, 0.6) is 0 Å². The molecule has 0 aliphatic heterocycles. The van der Waals surface area contributed by atoms with Crippen LogP contribution >= 0.6 is 0 Å². The number of benzene rings is 1. The monoisotopic (exact) mass is 218 g/mol. The zero-order valence-electron chi connectivity index (χ0n) is 9.86. The summed E-state index contributed by atoms with van der Waals surface area (Å²) in [5.74, 6) is 0.678. The highest BCUT2D eigenvalue weighted by molar-refractivity contribution is 5.14. The molecule has 1 saturated carbocycles. The van der Waals surface area contributed by atoms with Crippen LogP contribution in [0.1, 0.15) is 31.2 Å². The van der Waals surface area contributed by atoms with E-state index in [0.717, 1.165) is 13.1 Å². The molecular formula is C14H22N2. The molecule has 16 heavy (non-hydrogen) atoms. The lowest BCUT2D eigenvalue weighted by Crippen LogP contribution is -2.41. The minimum absolute atomic E-state index is 0.624. The molecule has 3 N–H and O–H groups in total. The maximum atomic E-state index is 5.82. The molecule has 0 spiro atoms. The summed E-state index contributed by atoms with van der Waals surface area (Å²) in [5, 5.41) is 3.66. The molecule has 1 fully saturated rings. The largest absolute Gasteiger partial charge is 0.330 e. The normalized spacial score (nSPS) is 25.6. The van der Waals surface area contributed by atoms with Crippen LogP contribution in [0.15, 0.2) is 30.3 Å². The van der Waals surface area contributed by atoms with E-state index in [4.69, 9.17) is 5.73 Å². The van der Waals surface area contributed by atoms with Gasteiger partial charge in [0, 0.05) is 12.6 Å². The standard InChI is InChI=1S/C14H22N2/c15-10-13-8-4-5-9-14(13)16-11-12-6-2-1-3-7-12/h1-3,6-7,13-14,16H,4-5,8-11,15H2. The van der Waals surface area contributed by atoms with Crippen LogP contribution in [0.4, 0.5) is 0 Å². The lowest BCUT2D eigenvalue weighted by molar-refractivity contribution is 0.267. The van der Waals surface area contributed by atoms with Crippen molar-refractivity contribution in [3.63, 3.8) is 0 Å². The fourth-order valence-electron chi connectivity index (χ4n) is 2.60. The summed E-state index contributed by atoms with van der Waals surface area (Å²) in [5.41, 5.74) is 7.19. The molecule has 1 aliphatic rings. The number of nitrogens with one attached hydrogen (secondary N) is 1. The highest BCUT2D eigenvalue weighted by Gasteiger charge is 2.22. The second-order valence-electron chi connectivity index (χ2n) is 4.75. The molecule has 1 aliphatic carbocycles. The van der Waals surface area contributed by atoms with Gasteiger partial charge in [-0.05, 0) is 30.9 Å². The van der Waals surface area contributed by atoms with Crippen LogP contribution in [-0.4, -0.2) is 12.6 Å². The molecule has 1 aromatic carbocycles. The summed E-state index contributed by atoms with van der Waals surface area (Å²) in [7, 11) is 0. The van der Waals surface area contributed by atoms with Gasteiger partial charge in [0.25, 0.3) is 0 Å². The second kappa shape index (κ2) is 6.02. The average Bonchev–Trinajstić information content (AvgIpc) is 2.38. The van der Waals surface area contributed by atoms with Crippen molar-refractivity contribution in [2.24, 2.45) is 11.7 Å². The summed E-state index contributed by atoms with van der Waals surface area (Å²) >= 11 is 0. The maximum absolute atomic E-state index is 5.82. The Morgan fingerprint density at radius 3 is 2.62 bits per heavy atom. The quantitative estimate of drug-likeness (QED) is 0.813. The van der Waals surface area contributed by atoms with E-state index in [0.29, 0.717) is 12.0 Å². The zero-order chi connectivity index (χ0) is 11.2. The van der Waals surface area contributed by atoms with Crippen LogP contribution in [0.2, 0.25) is 0 Å². The number of nitrogens with two attached hydrogens (primary N) is 1. The first-order valence-electron chi connectivity index (χ1n) is 6.37. The zero-order valence-corrected chi connectivity index (χ0v) is 9.86. The molecule has 0 amide bonds. The van der Waals surface area contributed by atoms with Gasteiger partial charge in [0.2, 0.25) is 0 Å². The van der Waals surface area contributed by atoms with Crippen molar-refractivity contribution in [1.82, 2.24) is 5.32 Å². The molecule has 2 unspecified atom stereocenters. The Balaban J connectivity index is 1.84. The van der Waals surface area contributed by atoms with Gasteiger partial charge in [-0.15, -0.1) is 0 Å². The number of rotatable bonds is 4. The first-order valence-corrected chi connectivity index (χ1v) is 6.37. The van der Waals surface area contributed by atoms with Crippen molar-refractivity contribution in [2.75, 3.05) is 6.54 Å². The Morgan fingerprint density at radius 2 is 1.88 bits per heavy atom. The minimum Gasteiger partial charge on any atom is -0.330 e. The van der Waals surface area contributed by atoms with Crippen molar-refractivity contribution in [1.29, 1.82) is 0 Å². The Hall–Kier alpha value is -0.860. The van der Waals surface area contributed by atoms with Crippen LogP contribution < -0.4 is 11.1 Å². The van der Waals surface area contributed by atoms with Crippen molar-refractivity contribution >= 4 is 0 Å². The smallest absolute Gasteiger partial charge is 0.0208 e. The highest BCUT2D eigenvalue weighted by Crippen LogP contribution is 2.23. The van der Waals surface area contributed by atoms with Crippen LogP contribution in [-0.2, 0) is 6.54 Å². The molecule has 0 saturated heterocycles. The molecule has 2 heteroatoms. The third-order valence-electron chi connectivity index (χ3n) is 3.62. The maximum Gasteiger partial charge on any atom is 0.0208 e. The van der Waals surface area contributed by atoms with Gasteiger partial charge in [0.15, 0.2) is 0 Å². The minimum atomic E-state index is 0.624. The second-order valence-corrected chi connectivity index (χ2v) is 4.75. The average molecular weight is 218 g/mol. The third kappa shape index (κ3) is 3.06. The summed E-state index contributed by atoms with van der Waals surface area (Å²) in [4.78, 5) is 0. The van der Waals surface area contributed by atoms with Gasteiger partial charge in [-0.2, -0.15) is 0 Å². The predicted octanol–water partition coefficient (Wildman–Crippen LogP) is 2.29. The lowest BCUT2D eigenvalue weighted by Gasteiger charge is -2.31. The third-order valence-corrected chi connectivity index (χ3v) is 3.62. The van der Waals surface area contributed by atoms with Gasteiger partial charge in [-0.1, -0.05) is 43.2 Å². The molecule has 2 nitrogen and oxygen atoms in total. The molecule has 88 valence electrons. The lowest BCUT2D eigenvalue weighted by atomic mass is 9.84. The molecule has 0 heterocycles. The molecule has 0 radical (unpaired) electrons. The van der Waals surface area contributed by atoms with Gasteiger partial charge in [-0.3, -0.25) is 0 Å². The van der Waals surface area contributed by atoms with E-state index in [1.54, 1.807) is 0 Å². The molecule has 0 bridgehead atoms. The first kappa shape index (κ1) is 11.6. The van der Waals surface area contributed by atoms with E-state index in [2.05, 4.69) is 35.6 Å². The SMILES string of the molecule is NCC1CCCCC1NCc1ccccc1. The Labute approximate surface area is 98.2 Å². The van der Waals surface area contributed by atoms with Crippen molar-refractivity contribution in [3.8, 4) is 0 Å². The molecular weight excluding hydrogens is 196 g/mol. The highest BCUT2D eigenvalue weighted by atomic mass is 14.9. The van der Waals surface area contributed by atoms with Gasteiger partial charge in [0.05, 0.1) is 0 Å². The Bertz CT molecular complexity index is 297. The van der Waals surface area contributed by atoms with E-state index in [1.165, 1.54) is 31.2 Å². The van der Waals surface area contributed by atoms with E-state index >= 15 is 0 Å². The van der Waals surface area contributed by atoms with Crippen molar-refractivity contribution < 1.29 is 0 Å². The molecule has 0 aromatic heterocycles. The molecule has 2 rings (SSSR count). The molecule has 2 atom stereocenters. The molecule has 1 aromatic rings. The summed E-state index contributed by atoms with van der Waals surface area (Å²) in [6.45, 7) is 1.80. The topological polar surface area (TPSA) is 38.0 Å². The number of hydrogen-bond acceptors (Lipinski definition) is 2. The van der Waals surface area contributed by atoms with Crippen LogP contribution in [0.3, 0.4) is 0 Å². The van der Waals surface area contributed by atoms with Gasteiger partial charge >= 0.3 is 0 Å². The van der Waals surface area contributed by atoms with Crippen LogP contribution in [0.25, 0.3) is 0 Å². The predicted molar refractivity (Wildman–Crippen MR) is 68.1 cm³/mol. The van der Waals surface area contributed by atoms with Crippen LogP contribution in [0, 0.1) is 5.92 Å². The Morgan fingerprint density at radius 1 is 1.12 bits per heavy atom. The van der Waals surface area contributed by atoms with E-state index < -0.39 is 0 Å². The fraction of sp³-hybridized carbons (Fsp3) is 0.571. The van der Waals surface area contributed by atoms with Gasteiger partial charge in [-0.25, -0.2) is 0 Å². The van der Waals surface area contributed by atoms with Crippen molar-refractivity contribution in [3.05, 3.63) is 35.9 Å². The van der Waals surface area contributed by atoms with E-state index in [-0.39, 0.29) is 0 Å². The fourth-order valence-corrected chi connectivity index (χ4v) is 2.60. The number of hydrogen-bond donors (Lipinski definition) is 2. The summed E-state index contributed by atoms with van der Waals surface area (Å²) in [6.07, 6.45) is 5.28. The summed E-state index contributed by atoms with van der Waals surface area (Å²) < 4.78 is 0. The van der Waals surface area contributed by atoms with E-state index in [1.807, 2.05) is 0 Å². The first-order chi connectivity index (χ1) is 7.90. The summed E-state index contributed by atoms with van der Waals surface area (Å²) in [6, 6.07) is 11.2. The Kier molecular flexibility index (Phi) is 4.37. The van der Waals surface area contributed by atoms with Crippen molar-refractivity contribution in [2.45, 2.75) is 38.3 Å². The van der Waals surface area contributed by atoms with E-state index in [9.17, 15) is 0 Å². The van der Waals surface area contributed by atoms with Gasteiger partial charge in [0.1, 0.15) is 0 Å². The van der Waals surface area contributed by atoms with Gasteiger partial charge < -0.3 is 11.1 Å².